The molecule has 0 fully saturated rings. The molecule has 0 spiro atoms. The molecule has 0 unspecified atom stereocenters. The van der Waals surface area contributed by atoms with Crippen molar-refractivity contribution in [1.29, 1.82) is 5.26 Å². The molecule has 0 atom stereocenters. The number of nitriles is 1. The third-order valence-electron chi connectivity index (χ3n) is 3.19. The van der Waals surface area contributed by atoms with Crippen LogP contribution in [0.25, 0.3) is 0 Å². The quantitative estimate of drug-likeness (QED) is 0.543. The Bertz CT molecular complexity index is 490. The SMILES string of the molecule is CC(C)(C)CC(C)(C)N(C#N)Cc1c(Cl)cccc1Cl. The minimum Gasteiger partial charge on any atom is -0.301 e. The summed E-state index contributed by atoms with van der Waals surface area (Å²) >= 11 is 12.4. The van der Waals surface area contributed by atoms with Crippen LogP contribution in [0.1, 0.15) is 46.6 Å². The molecule has 110 valence electrons. The van der Waals surface area contributed by atoms with Crippen molar-refractivity contribution in [2.45, 2.75) is 53.1 Å². The van der Waals surface area contributed by atoms with Gasteiger partial charge in [0.05, 0.1) is 6.54 Å². The maximum absolute atomic E-state index is 9.49. The average molecular weight is 313 g/mol. The Kier molecular flexibility index (Phi) is 5.35. The summed E-state index contributed by atoms with van der Waals surface area (Å²) in [5, 5.41) is 10.7. The topological polar surface area (TPSA) is 27.0 Å². The molecule has 2 nitrogen and oxygen atoms in total. The number of nitrogens with zero attached hydrogens (tertiary/aromatic N) is 2. The Hall–Kier alpha value is -0.910. The van der Waals surface area contributed by atoms with Gasteiger partial charge in [-0.2, -0.15) is 5.26 Å². The van der Waals surface area contributed by atoms with Gasteiger partial charge in [-0.1, -0.05) is 50.0 Å². The van der Waals surface area contributed by atoms with Crippen LogP contribution < -0.4 is 0 Å². The summed E-state index contributed by atoms with van der Waals surface area (Å²) in [4.78, 5) is 1.76. The standard InChI is InChI=1S/C16H22Cl2N2/c1-15(2,3)10-16(4,5)20(11-19)9-12-13(17)7-6-8-14(12)18/h6-8H,9-10H2,1-5H3. The van der Waals surface area contributed by atoms with E-state index < -0.39 is 0 Å². The zero-order chi connectivity index (χ0) is 15.6. The fraction of sp³-hybridized carbons (Fsp3) is 0.562. The number of hydrogen-bond acceptors (Lipinski definition) is 2. The van der Waals surface area contributed by atoms with Crippen LogP contribution in [0, 0.1) is 16.9 Å². The van der Waals surface area contributed by atoms with Gasteiger partial charge in [0.2, 0.25) is 0 Å². The third-order valence-corrected chi connectivity index (χ3v) is 3.90. The average Bonchev–Trinajstić information content (AvgIpc) is 2.25. The minimum absolute atomic E-state index is 0.142. The molecule has 20 heavy (non-hydrogen) atoms. The van der Waals surface area contributed by atoms with Crippen molar-refractivity contribution >= 4 is 23.2 Å². The van der Waals surface area contributed by atoms with Gasteiger partial charge < -0.3 is 4.90 Å². The van der Waals surface area contributed by atoms with Crippen LogP contribution >= 0.6 is 23.2 Å². The lowest BCUT2D eigenvalue weighted by atomic mass is 9.81. The van der Waals surface area contributed by atoms with E-state index in [1.807, 2.05) is 6.07 Å². The van der Waals surface area contributed by atoms with Crippen LogP contribution in [-0.4, -0.2) is 10.4 Å². The zero-order valence-electron chi connectivity index (χ0n) is 12.8. The number of benzene rings is 1. The zero-order valence-corrected chi connectivity index (χ0v) is 14.3. The summed E-state index contributed by atoms with van der Waals surface area (Å²) in [6.07, 6.45) is 3.18. The summed E-state index contributed by atoms with van der Waals surface area (Å²) in [6, 6.07) is 5.41. The molecule has 0 aliphatic carbocycles. The molecule has 1 aromatic carbocycles. The molecule has 0 aromatic heterocycles. The van der Waals surface area contributed by atoms with E-state index >= 15 is 0 Å². The first-order valence-corrected chi connectivity index (χ1v) is 7.43. The van der Waals surface area contributed by atoms with Crippen LogP contribution in [0.15, 0.2) is 18.2 Å². The van der Waals surface area contributed by atoms with Gasteiger partial charge >= 0.3 is 0 Å². The van der Waals surface area contributed by atoms with Crippen LogP contribution in [0.4, 0.5) is 0 Å². The molecule has 1 rings (SSSR count). The molecule has 0 bridgehead atoms. The third kappa shape index (κ3) is 4.58. The van der Waals surface area contributed by atoms with Gasteiger partial charge in [0, 0.05) is 21.1 Å². The summed E-state index contributed by atoms with van der Waals surface area (Å²) in [5.74, 6) is 0. The van der Waals surface area contributed by atoms with Crippen LogP contribution in [0.3, 0.4) is 0 Å². The Morgan fingerprint density at radius 3 is 2.00 bits per heavy atom. The van der Waals surface area contributed by atoms with Crippen molar-refractivity contribution < 1.29 is 0 Å². The monoisotopic (exact) mass is 312 g/mol. The molecule has 0 saturated heterocycles. The molecule has 4 heteroatoms. The summed E-state index contributed by atoms with van der Waals surface area (Å²) in [7, 11) is 0. The van der Waals surface area contributed by atoms with Crippen molar-refractivity contribution in [3.05, 3.63) is 33.8 Å². The highest BCUT2D eigenvalue weighted by Crippen LogP contribution is 2.34. The smallest absolute Gasteiger partial charge is 0.180 e. The van der Waals surface area contributed by atoms with E-state index in [1.165, 1.54) is 0 Å². The van der Waals surface area contributed by atoms with Crippen molar-refractivity contribution in [1.82, 2.24) is 4.90 Å². The first-order chi connectivity index (χ1) is 9.07. The fourth-order valence-corrected chi connectivity index (χ4v) is 3.14. The molecule has 0 aliphatic rings. The van der Waals surface area contributed by atoms with E-state index in [4.69, 9.17) is 23.2 Å². The molecule has 0 radical (unpaired) electrons. The molecule has 1 aromatic rings. The van der Waals surface area contributed by atoms with E-state index in [2.05, 4.69) is 40.8 Å². The second kappa shape index (κ2) is 6.24. The second-order valence-electron chi connectivity index (χ2n) is 6.94. The lowest BCUT2D eigenvalue weighted by Gasteiger charge is -2.39. The number of halogens is 2. The molecular weight excluding hydrogens is 291 g/mol. The molecule has 0 N–H and O–H groups in total. The van der Waals surface area contributed by atoms with E-state index in [9.17, 15) is 5.26 Å². The second-order valence-corrected chi connectivity index (χ2v) is 7.75. The number of hydrogen-bond donors (Lipinski definition) is 0. The van der Waals surface area contributed by atoms with Gasteiger partial charge in [0.15, 0.2) is 6.19 Å². The highest BCUT2D eigenvalue weighted by atomic mass is 35.5. The Morgan fingerprint density at radius 1 is 1.10 bits per heavy atom. The first kappa shape index (κ1) is 17.1. The lowest BCUT2D eigenvalue weighted by Crippen LogP contribution is -2.43. The van der Waals surface area contributed by atoms with E-state index in [0.717, 1.165) is 12.0 Å². The Labute approximate surface area is 132 Å². The molecule has 0 amide bonds. The highest BCUT2D eigenvalue weighted by Gasteiger charge is 2.31. The summed E-state index contributed by atoms with van der Waals surface area (Å²) in [6.45, 7) is 11.1. The molecule has 0 saturated carbocycles. The lowest BCUT2D eigenvalue weighted by molar-refractivity contribution is 0.126. The molecule has 0 aliphatic heterocycles. The first-order valence-electron chi connectivity index (χ1n) is 6.67. The van der Waals surface area contributed by atoms with E-state index in [1.54, 1.807) is 17.0 Å². The molecule has 0 heterocycles. The van der Waals surface area contributed by atoms with E-state index in [0.29, 0.717) is 16.6 Å². The van der Waals surface area contributed by atoms with Gasteiger partial charge in [-0.3, -0.25) is 0 Å². The van der Waals surface area contributed by atoms with Crippen molar-refractivity contribution in [3.63, 3.8) is 0 Å². The van der Waals surface area contributed by atoms with E-state index in [-0.39, 0.29) is 11.0 Å². The normalized spacial score (nSPS) is 12.1. The Balaban J connectivity index is 3.01. The van der Waals surface area contributed by atoms with Crippen LogP contribution in [0.2, 0.25) is 10.0 Å². The van der Waals surface area contributed by atoms with Gasteiger partial charge in [-0.05, 0) is 37.8 Å². The Morgan fingerprint density at radius 2 is 1.60 bits per heavy atom. The van der Waals surface area contributed by atoms with Gasteiger partial charge in [-0.25, -0.2) is 0 Å². The van der Waals surface area contributed by atoms with Crippen molar-refractivity contribution in [3.8, 4) is 6.19 Å². The maximum Gasteiger partial charge on any atom is 0.180 e. The highest BCUT2D eigenvalue weighted by molar-refractivity contribution is 6.35. The fourth-order valence-electron chi connectivity index (χ4n) is 2.62. The minimum atomic E-state index is -0.254. The largest absolute Gasteiger partial charge is 0.301 e. The van der Waals surface area contributed by atoms with Crippen molar-refractivity contribution in [2.24, 2.45) is 5.41 Å². The van der Waals surface area contributed by atoms with Gasteiger partial charge in [0.1, 0.15) is 0 Å². The van der Waals surface area contributed by atoms with Crippen molar-refractivity contribution in [2.75, 3.05) is 0 Å². The van der Waals surface area contributed by atoms with Gasteiger partial charge in [-0.15, -0.1) is 0 Å². The summed E-state index contributed by atoms with van der Waals surface area (Å²) < 4.78 is 0. The number of rotatable bonds is 4. The predicted molar refractivity (Wildman–Crippen MR) is 85.8 cm³/mol. The van der Waals surface area contributed by atoms with Gasteiger partial charge in [0.25, 0.3) is 0 Å². The van der Waals surface area contributed by atoms with Crippen LogP contribution in [0.5, 0.6) is 0 Å². The maximum atomic E-state index is 9.49. The van der Waals surface area contributed by atoms with Crippen LogP contribution in [-0.2, 0) is 6.54 Å². The predicted octanol–water partition coefficient (Wildman–Crippen LogP) is 5.49. The molecular formula is C16H22Cl2N2. The summed E-state index contributed by atoms with van der Waals surface area (Å²) in [5.41, 5.74) is 0.692.